The second kappa shape index (κ2) is 13.6. The number of rotatable bonds is 10. The third kappa shape index (κ3) is 7.43. The third-order valence-electron chi connectivity index (χ3n) is 8.02. The molecule has 0 aliphatic carbocycles. The minimum Gasteiger partial charge on any atom is -0.492 e. The SMILES string of the molecule is CC1(C)O[C@@H]2[C@@H](O1)[C@@H](COc1ccccc1)N(Cc1ccc(Br)cc1)S(=O)(=O)N(Cc1ccccc1)[C@@H]2COc1ccccc1. The molecule has 2 fully saturated rings. The molecule has 8 nitrogen and oxygen atoms in total. The molecule has 4 aromatic rings. The van der Waals surface area contributed by atoms with Gasteiger partial charge in [0, 0.05) is 17.6 Å². The molecule has 0 bridgehead atoms. The monoisotopic (exact) mass is 692 g/mol. The number of nitrogens with zero attached hydrogens (tertiary/aromatic N) is 2. The van der Waals surface area contributed by atoms with Crippen LogP contribution in [0.15, 0.2) is 120 Å². The Kier molecular flexibility index (Phi) is 9.60. The molecule has 10 heteroatoms. The normalized spacial score (nSPS) is 24.4. The summed E-state index contributed by atoms with van der Waals surface area (Å²) in [5, 5.41) is 0. The Bertz CT molecular complexity index is 1640. The van der Waals surface area contributed by atoms with Gasteiger partial charge in [-0.3, -0.25) is 0 Å². The Labute approximate surface area is 273 Å². The zero-order valence-electron chi connectivity index (χ0n) is 25.2. The summed E-state index contributed by atoms with van der Waals surface area (Å²) in [4.78, 5) is 0. The highest BCUT2D eigenvalue weighted by Gasteiger charge is 2.58. The predicted octanol–water partition coefficient (Wildman–Crippen LogP) is 6.43. The lowest BCUT2D eigenvalue weighted by Gasteiger charge is -2.36. The largest absolute Gasteiger partial charge is 0.492 e. The van der Waals surface area contributed by atoms with Gasteiger partial charge in [0.15, 0.2) is 5.79 Å². The van der Waals surface area contributed by atoms with E-state index in [-0.39, 0.29) is 26.3 Å². The fourth-order valence-electron chi connectivity index (χ4n) is 5.90. The molecule has 4 aromatic carbocycles. The topological polar surface area (TPSA) is 77.5 Å². The van der Waals surface area contributed by atoms with E-state index < -0.39 is 40.3 Å². The van der Waals surface area contributed by atoms with Crippen molar-refractivity contribution in [3.8, 4) is 11.5 Å². The van der Waals surface area contributed by atoms with E-state index >= 15 is 8.42 Å². The number of fused-ring (bicyclic) bond motifs is 1. The fraction of sp³-hybridized carbons (Fsp3) is 0.314. The van der Waals surface area contributed by atoms with Gasteiger partial charge in [0.05, 0.1) is 12.1 Å². The molecule has 2 aliphatic rings. The Balaban J connectivity index is 1.46. The number of hydrogen-bond acceptors (Lipinski definition) is 6. The number of ether oxygens (including phenoxy) is 4. The smallest absolute Gasteiger partial charge is 0.283 e. The first-order valence-electron chi connectivity index (χ1n) is 15.0. The number of benzene rings is 4. The minimum atomic E-state index is -4.16. The second-order valence-corrected chi connectivity index (χ2v) is 14.4. The molecule has 4 atom stereocenters. The van der Waals surface area contributed by atoms with E-state index in [0.29, 0.717) is 11.5 Å². The molecule has 45 heavy (non-hydrogen) atoms. The third-order valence-corrected chi connectivity index (χ3v) is 10.5. The van der Waals surface area contributed by atoms with Crippen molar-refractivity contribution in [2.75, 3.05) is 13.2 Å². The molecule has 0 spiro atoms. The van der Waals surface area contributed by atoms with Crippen LogP contribution in [-0.4, -0.2) is 60.3 Å². The molecule has 0 radical (unpaired) electrons. The second-order valence-electron chi connectivity index (χ2n) is 11.7. The van der Waals surface area contributed by atoms with Crippen LogP contribution in [0.25, 0.3) is 0 Å². The maximum atomic E-state index is 15.1. The molecule has 2 aliphatic heterocycles. The van der Waals surface area contributed by atoms with Gasteiger partial charge >= 0.3 is 0 Å². The van der Waals surface area contributed by atoms with Crippen molar-refractivity contribution >= 4 is 26.1 Å². The summed E-state index contributed by atoms with van der Waals surface area (Å²) >= 11 is 3.50. The quantitative estimate of drug-likeness (QED) is 0.191. The molecule has 0 unspecified atom stereocenters. The highest BCUT2D eigenvalue weighted by atomic mass is 79.9. The van der Waals surface area contributed by atoms with Crippen LogP contribution in [0.2, 0.25) is 0 Å². The zero-order valence-corrected chi connectivity index (χ0v) is 27.6. The first-order chi connectivity index (χ1) is 21.7. The van der Waals surface area contributed by atoms with E-state index in [2.05, 4.69) is 15.9 Å². The number of halogens is 1. The van der Waals surface area contributed by atoms with Crippen molar-refractivity contribution in [3.63, 3.8) is 0 Å². The first-order valence-corrected chi connectivity index (χ1v) is 17.2. The highest BCUT2D eigenvalue weighted by Crippen LogP contribution is 2.41. The van der Waals surface area contributed by atoms with Crippen molar-refractivity contribution in [3.05, 3.63) is 131 Å². The summed E-state index contributed by atoms with van der Waals surface area (Å²) in [6.45, 7) is 4.09. The molecular weight excluding hydrogens is 656 g/mol. The van der Waals surface area contributed by atoms with Crippen LogP contribution in [0.4, 0.5) is 0 Å². The van der Waals surface area contributed by atoms with Gasteiger partial charge in [-0.15, -0.1) is 0 Å². The van der Waals surface area contributed by atoms with Gasteiger partial charge in [-0.25, -0.2) is 0 Å². The molecule has 0 N–H and O–H groups in total. The van der Waals surface area contributed by atoms with Crippen LogP contribution >= 0.6 is 15.9 Å². The maximum absolute atomic E-state index is 15.1. The van der Waals surface area contributed by atoms with Gasteiger partial charge in [-0.1, -0.05) is 94.8 Å². The van der Waals surface area contributed by atoms with Crippen LogP contribution < -0.4 is 9.47 Å². The van der Waals surface area contributed by atoms with Crippen LogP contribution in [0.5, 0.6) is 11.5 Å². The maximum Gasteiger partial charge on any atom is 0.283 e. The molecule has 6 rings (SSSR count). The molecule has 0 amide bonds. The standard InChI is InChI=1S/C35H37BrN2O6S/c1-35(2)43-33-31(24-41-29-14-8-4-9-15-29)37(22-26-12-6-3-7-13-26)45(39,40)38(23-27-18-20-28(36)21-19-27)32(34(33)44-35)25-42-30-16-10-5-11-17-30/h3-21,31-34H,22-25H2,1-2H3/t31-,32-,33+,34+/m1/s1. The van der Waals surface area contributed by atoms with Gasteiger partial charge < -0.3 is 18.9 Å². The summed E-state index contributed by atoms with van der Waals surface area (Å²) in [7, 11) is -4.16. The van der Waals surface area contributed by atoms with Gasteiger partial charge in [-0.2, -0.15) is 17.0 Å². The van der Waals surface area contributed by atoms with Crippen LogP contribution in [0.1, 0.15) is 25.0 Å². The van der Waals surface area contributed by atoms with Crippen LogP contribution in [0.3, 0.4) is 0 Å². The number of hydrogen-bond donors (Lipinski definition) is 0. The molecule has 2 saturated heterocycles. The van der Waals surface area contributed by atoms with Crippen molar-refractivity contribution < 1.29 is 27.4 Å². The number of para-hydroxylation sites is 2. The van der Waals surface area contributed by atoms with E-state index in [1.807, 2.05) is 129 Å². The Morgan fingerprint density at radius 3 is 1.49 bits per heavy atom. The molecule has 0 saturated carbocycles. The lowest BCUT2D eigenvalue weighted by molar-refractivity contribution is -0.156. The van der Waals surface area contributed by atoms with Gasteiger partial charge in [0.25, 0.3) is 10.2 Å². The van der Waals surface area contributed by atoms with Gasteiger partial charge in [-0.05, 0) is 61.4 Å². The zero-order chi connectivity index (χ0) is 31.4. The van der Waals surface area contributed by atoms with E-state index in [0.717, 1.165) is 15.6 Å². The highest BCUT2D eigenvalue weighted by molar-refractivity contribution is 9.10. The van der Waals surface area contributed by atoms with Crippen molar-refractivity contribution in [1.82, 2.24) is 8.61 Å². The van der Waals surface area contributed by atoms with Crippen molar-refractivity contribution in [2.24, 2.45) is 0 Å². The lowest BCUT2D eigenvalue weighted by atomic mass is 9.99. The summed E-state index contributed by atoms with van der Waals surface area (Å²) in [6.07, 6.45) is -1.31. The van der Waals surface area contributed by atoms with Gasteiger partial charge in [0.1, 0.15) is 36.9 Å². The van der Waals surface area contributed by atoms with E-state index in [1.165, 1.54) is 8.61 Å². The molecule has 236 valence electrons. The average molecular weight is 694 g/mol. The van der Waals surface area contributed by atoms with Crippen molar-refractivity contribution in [2.45, 2.75) is 57.0 Å². The molecule has 2 heterocycles. The van der Waals surface area contributed by atoms with Crippen molar-refractivity contribution in [1.29, 1.82) is 0 Å². The van der Waals surface area contributed by atoms with Gasteiger partial charge in [0.2, 0.25) is 0 Å². The fourth-order valence-corrected chi connectivity index (χ4v) is 8.10. The predicted molar refractivity (Wildman–Crippen MR) is 176 cm³/mol. The minimum absolute atomic E-state index is 0.0613. The summed E-state index contributed by atoms with van der Waals surface area (Å²) in [6, 6.07) is 34.6. The first kappa shape index (κ1) is 31.7. The summed E-state index contributed by atoms with van der Waals surface area (Å²) < 4.78 is 59.8. The van der Waals surface area contributed by atoms with E-state index in [9.17, 15) is 0 Å². The molecular formula is C35H37BrN2O6S. The lowest BCUT2D eigenvalue weighted by Crippen LogP contribution is -2.53. The van der Waals surface area contributed by atoms with E-state index in [4.69, 9.17) is 18.9 Å². The molecule has 0 aromatic heterocycles. The average Bonchev–Trinajstić information content (AvgIpc) is 3.34. The summed E-state index contributed by atoms with van der Waals surface area (Å²) in [5.41, 5.74) is 1.68. The summed E-state index contributed by atoms with van der Waals surface area (Å²) in [5.74, 6) is 0.320. The van der Waals surface area contributed by atoms with Crippen LogP contribution in [-0.2, 0) is 32.8 Å². The van der Waals surface area contributed by atoms with E-state index in [1.54, 1.807) is 0 Å². The van der Waals surface area contributed by atoms with Crippen LogP contribution in [0, 0.1) is 0 Å². The Morgan fingerprint density at radius 1 is 0.644 bits per heavy atom. The Morgan fingerprint density at radius 2 is 1.04 bits per heavy atom. The Hall–Kier alpha value is -3.25.